The molecule has 4 heteroatoms. The van der Waals surface area contributed by atoms with Crippen molar-refractivity contribution in [1.82, 2.24) is 0 Å². The van der Waals surface area contributed by atoms with Crippen molar-refractivity contribution in [3.05, 3.63) is 29.8 Å². The molecule has 0 radical (unpaired) electrons. The first-order valence-corrected chi connectivity index (χ1v) is 5.16. The number of ether oxygens (including phenoxy) is 2. The van der Waals surface area contributed by atoms with Crippen molar-refractivity contribution in [1.29, 1.82) is 0 Å². The van der Waals surface area contributed by atoms with E-state index >= 15 is 0 Å². The minimum atomic E-state index is -0.759. The summed E-state index contributed by atoms with van der Waals surface area (Å²) in [5, 5.41) is 0. The average Bonchev–Trinajstić information content (AvgIpc) is 2.36. The van der Waals surface area contributed by atoms with E-state index in [-0.39, 0.29) is 13.0 Å². The number of benzene rings is 1. The summed E-state index contributed by atoms with van der Waals surface area (Å²) in [5.41, 5.74) is 6.34. The molecule has 0 amide bonds. The number of carbonyl (C=O) groups is 1. The number of rotatable bonds is 5. The number of hydrogen-bond acceptors (Lipinski definition) is 4. The van der Waals surface area contributed by atoms with Gasteiger partial charge in [0.1, 0.15) is 18.4 Å². The van der Waals surface area contributed by atoms with Crippen LogP contribution in [0.3, 0.4) is 0 Å². The van der Waals surface area contributed by atoms with Gasteiger partial charge in [-0.05, 0) is 17.7 Å². The van der Waals surface area contributed by atoms with Crippen LogP contribution in [0.4, 0.5) is 0 Å². The molecule has 4 nitrogen and oxygen atoms in total. The second-order valence-corrected chi connectivity index (χ2v) is 3.47. The summed E-state index contributed by atoms with van der Waals surface area (Å²) in [6, 6.07) is 6.51. The first-order valence-electron chi connectivity index (χ1n) is 5.16. The predicted octanol–water partition coefficient (Wildman–Crippen LogP) is 1.09. The lowest BCUT2D eigenvalue weighted by molar-refractivity contribution is -0.146. The van der Waals surface area contributed by atoms with Crippen LogP contribution < -0.4 is 10.5 Å². The molecule has 0 aromatic heterocycles. The molecule has 90 valence electrons. The molecule has 0 aliphatic rings. The summed E-state index contributed by atoms with van der Waals surface area (Å²) < 4.78 is 10.1. The van der Waals surface area contributed by atoms with E-state index in [0.29, 0.717) is 5.75 Å². The van der Waals surface area contributed by atoms with Gasteiger partial charge in [0.2, 0.25) is 0 Å². The van der Waals surface area contributed by atoms with Crippen LogP contribution in [0.2, 0.25) is 0 Å². The molecule has 0 fully saturated rings. The molecular formula is C13H15NO3. The Labute approximate surface area is 101 Å². The molecule has 0 saturated carbocycles. The van der Waals surface area contributed by atoms with Crippen molar-refractivity contribution in [2.75, 3.05) is 7.11 Å². The quantitative estimate of drug-likeness (QED) is 0.611. The van der Waals surface area contributed by atoms with Gasteiger partial charge in [0.05, 0.1) is 7.11 Å². The van der Waals surface area contributed by atoms with Gasteiger partial charge in [-0.2, -0.15) is 0 Å². The monoisotopic (exact) mass is 233 g/mol. The lowest BCUT2D eigenvalue weighted by atomic mass is 10.2. The minimum absolute atomic E-state index is 0.161. The average molecular weight is 233 g/mol. The molecule has 1 aromatic rings. The van der Waals surface area contributed by atoms with Crippen molar-refractivity contribution in [3.63, 3.8) is 0 Å². The van der Waals surface area contributed by atoms with Gasteiger partial charge in [-0.3, -0.25) is 4.79 Å². The molecular weight excluding hydrogens is 218 g/mol. The van der Waals surface area contributed by atoms with E-state index in [1.807, 2.05) is 18.2 Å². The summed E-state index contributed by atoms with van der Waals surface area (Å²) in [6.45, 7) is 0.161. The molecule has 0 heterocycles. The molecule has 1 atom stereocenters. The maximum atomic E-state index is 11.4. The highest BCUT2D eigenvalue weighted by Crippen LogP contribution is 2.13. The van der Waals surface area contributed by atoms with Crippen LogP contribution in [0.1, 0.15) is 12.0 Å². The minimum Gasteiger partial charge on any atom is -0.497 e. The first kappa shape index (κ1) is 13.1. The molecule has 1 unspecified atom stereocenters. The van der Waals surface area contributed by atoms with Crippen LogP contribution in [-0.2, 0) is 16.1 Å². The van der Waals surface area contributed by atoms with Crippen LogP contribution in [-0.4, -0.2) is 19.1 Å². The standard InChI is InChI=1S/C13H15NO3/c1-3-5-12(14)13(15)17-9-10-6-4-7-11(8-10)16-2/h1,4,6-8,12H,5,9,14H2,2H3. The fourth-order valence-corrected chi connectivity index (χ4v) is 1.23. The fourth-order valence-electron chi connectivity index (χ4n) is 1.23. The maximum absolute atomic E-state index is 11.4. The molecule has 2 N–H and O–H groups in total. The highest BCUT2D eigenvalue weighted by molar-refractivity contribution is 5.75. The van der Waals surface area contributed by atoms with Gasteiger partial charge in [0.25, 0.3) is 0 Å². The van der Waals surface area contributed by atoms with Gasteiger partial charge in [-0.25, -0.2) is 0 Å². The Hall–Kier alpha value is -1.99. The molecule has 1 aromatic carbocycles. The highest BCUT2D eigenvalue weighted by Gasteiger charge is 2.13. The number of methoxy groups -OCH3 is 1. The number of nitrogens with two attached hydrogens (primary N) is 1. The molecule has 0 bridgehead atoms. The summed E-state index contributed by atoms with van der Waals surface area (Å²) >= 11 is 0. The Balaban J connectivity index is 2.50. The van der Waals surface area contributed by atoms with E-state index in [9.17, 15) is 4.79 Å². The largest absolute Gasteiger partial charge is 0.497 e. The summed E-state index contributed by atoms with van der Waals surface area (Å²) in [7, 11) is 1.58. The third kappa shape index (κ3) is 4.17. The number of terminal acetylenes is 1. The Morgan fingerprint density at radius 1 is 1.59 bits per heavy atom. The van der Waals surface area contributed by atoms with Crippen LogP contribution in [0.5, 0.6) is 5.75 Å². The summed E-state index contributed by atoms with van der Waals surface area (Å²) in [6.07, 6.45) is 5.24. The van der Waals surface area contributed by atoms with Gasteiger partial charge in [-0.1, -0.05) is 12.1 Å². The van der Waals surface area contributed by atoms with Crippen molar-refractivity contribution < 1.29 is 14.3 Å². The smallest absolute Gasteiger partial charge is 0.324 e. The van der Waals surface area contributed by atoms with Crippen molar-refractivity contribution in [2.24, 2.45) is 5.73 Å². The first-order chi connectivity index (χ1) is 8.17. The van der Waals surface area contributed by atoms with Gasteiger partial charge in [0, 0.05) is 6.42 Å². The fraction of sp³-hybridized carbons (Fsp3) is 0.308. The van der Waals surface area contributed by atoms with E-state index in [0.717, 1.165) is 5.56 Å². The lowest BCUT2D eigenvalue weighted by Crippen LogP contribution is -2.31. The second kappa shape index (κ2) is 6.56. The third-order valence-corrected chi connectivity index (χ3v) is 2.16. The van der Waals surface area contributed by atoms with E-state index in [4.69, 9.17) is 21.6 Å². The number of carbonyl (C=O) groups excluding carboxylic acids is 1. The van der Waals surface area contributed by atoms with Crippen molar-refractivity contribution in [2.45, 2.75) is 19.1 Å². The van der Waals surface area contributed by atoms with Crippen LogP contribution in [0, 0.1) is 12.3 Å². The SMILES string of the molecule is C#CCC(N)C(=O)OCc1cccc(OC)c1. The number of hydrogen-bond donors (Lipinski definition) is 1. The molecule has 0 spiro atoms. The second-order valence-electron chi connectivity index (χ2n) is 3.47. The summed E-state index contributed by atoms with van der Waals surface area (Å²) in [4.78, 5) is 11.4. The van der Waals surface area contributed by atoms with Gasteiger partial charge in [0.15, 0.2) is 0 Å². The zero-order valence-electron chi connectivity index (χ0n) is 9.68. The van der Waals surface area contributed by atoms with E-state index < -0.39 is 12.0 Å². The molecule has 0 aliphatic carbocycles. The third-order valence-electron chi connectivity index (χ3n) is 2.16. The predicted molar refractivity (Wildman–Crippen MR) is 64.2 cm³/mol. The lowest BCUT2D eigenvalue weighted by Gasteiger charge is -2.09. The van der Waals surface area contributed by atoms with Gasteiger partial charge >= 0.3 is 5.97 Å². The molecule has 0 saturated heterocycles. The Morgan fingerprint density at radius 3 is 3.00 bits per heavy atom. The Bertz CT molecular complexity index is 423. The topological polar surface area (TPSA) is 61.6 Å². The van der Waals surface area contributed by atoms with E-state index in [1.54, 1.807) is 13.2 Å². The molecule has 1 rings (SSSR count). The van der Waals surface area contributed by atoms with Crippen LogP contribution in [0.25, 0.3) is 0 Å². The Morgan fingerprint density at radius 2 is 2.35 bits per heavy atom. The molecule has 17 heavy (non-hydrogen) atoms. The zero-order chi connectivity index (χ0) is 12.7. The Kier molecular flexibility index (Phi) is 5.05. The van der Waals surface area contributed by atoms with Crippen LogP contribution >= 0.6 is 0 Å². The van der Waals surface area contributed by atoms with Crippen molar-refractivity contribution >= 4 is 5.97 Å². The van der Waals surface area contributed by atoms with Gasteiger partial charge in [-0.15, -0.1) is 12.3 Å². The van der Waals surface area contributed by atoms with Gasteiger partial charge < -0.3 is 15.2 Å². The highest BCUT2D eigenvalue weighted by atomic mass is 16.5. The zero-order valence-corrected chi connectivity index (χ0v) is 9.68. The van der Waals surface area contributed by atoms with Crippen LogP contribution in [0.15, 0.2) is 24.3 Å². The summed E-state index contributed by atoms with van der Waals surface area (Å²) in [5.74, 6) is 2.54. The van der Waals surface area contributed by atoms with E-state index in [1.165, 1.54) is 0 Å². The maximum Gasteiger partial charge on any atom is 0.324 e. The van der Waals surface area contributed by atoms with Crippen molar-refractivity contribution in [3.8, 4) is 18.1 Å². The molecule has 0 aliphatic heterocycles. The number of esters is 1. The van der Waals surface area contributed by atoms with E-state index in [2.05, 4.69) is 5.92 Å². The normalized spacial score (nSPS) is 11.4.